The molecule has 0 spiro atoms. The van der Waals surface area contributed by atoms with Crippen molar-refractivity contribution in [3.8, 4) is 0 Å². The van der Waals surface area contributed by atoms with Gasteiger partial charge in [-0.2, -0.15) is 0 Å². The first-order chi connectivity index (χ1) is 9.29. The summed E-state index contributed by atoms with van der Waals surface area (Å²) in [5.41, 5.74) is 0. The lowest BCUT2D eigenvalue weighted by atomic mass is 10.1. The molecule has 102 valence electrons. The maximum absolute atomic E-state index is 5.55. The number of furan rings is 1. The Hall–Kier alpha value is -0.850. The fourth-order valence-electron chi connectivity index (χ4n) is 2.36. The monoisotopic (exact) mass is 341 g/mol. The van der Waals surface area contributed by atoms with E-state index in [1.54, 1.807) is 11.3 Å². The van der Waals surface area contributed by atoms with Gasteiger partial charge in [0.25, 0.3) is 0 Å². The molecule has 1 saturated heterocycles. The fraction of sp³-hybridized carbons (Fsp3) is 0.462. The van der Waals surface area contributed by atoms with E-state index < -0.39 is 0 Å². The number of rotatable bonds is 4. The third-order valence-electron chi connectivity index (χ3n) is 3.36. The lowest BCUT2D eigenvalue weighted by Crippen LogP contribution is -2.38. The molecular weight excluding hydrogens is 326 g/mol. The summed E-state index contributed by atoms with van der Waals surface area (Å²) < 4.78 is 6.36. The van der Waals surface area contributed by atoms with Crippen LogP contribution in [0, 0.1) is 0 Å². The van der Waals surface area contributed by atoms with Crippen LogP contribution in [0.2, 0.25) is 0 Å². The summed E-state index contributed by atoms with van der Waals surface area (Å²) in [6.45, 7) is 3.10. The molecule has 4 nitrogen and oxygen atoms in total. The summed E-state index contributed by atoms with van der Waals surface area (Å²) in [6, 6.07) is 4.53. The molecule has 0 atom stereocenters. The second-order valence-corrected chi connectivity index (χ2v) is 6.41. The highest BCUT2D eigenvalue weighted by Gasteiger charge is 2.20. The molecule has 3 rings (SSSR count). The van der Waals surface area contributed by atoms with Gasteiger partial charge >= 0.3 is 0 Å². The number of aromatic nitrogens is 1. The number of piperidine rings is 1. The number of likely N-dealkylation sites (tertiary alicyclic amines) is 1. The fourth-order valence-corrected chi connectivity index (χ4v) is 3.31. The molecule has 0 bridgehead atoms. The Kier molecular flexibility index (Phi) is 4.20. The van der Waals surface area contributed by atoms with Crippen LogP contribution >= 0.6 is 27.3 Å². The summed E-state index contributed by atoms with van der Waals surface area (Å²) >= 11 is 5.01. The van der Waals surface area contributed by atoms with Crippen LogP contribution in [-0.2, 0) is 6.54 Å². The van der Waals surface area contributed by atoms with Crippen molar-refractivity contribution < 1.29 is 4.42 Å². The zero-order valence-corrected chi connectivity index (χ0v) is 12.9. The third kappa shape index (κ3) is 3.58. The van der Waals surface area contributed by atoms with Crippen LogP contribution in [-0.4, -0.2) is 29.0 Å². The molecule has 0 saturated carbocycles. The molecule has 3 heterocycles. The molecule has 0 radical (unpaired) electrons. The van der Waals surface area contributed by atoms with E-state index in [9.17, 15) is 0 Å². The molecule has 0 amide bonds. The number of nitrogens with one attached hydrogen (secondary N) is 1. The van der Waals surface area contributed by atoms with E-state index >= 15 is 0 Å². The van der Waals surface area contributed by atoms with Crippen molar-refractivity contribution in [1.29, 1.82) is 0 Å². The molecular formula is C13H16BrN3OS. The predicted octanol–water partition coefficient (Wildman–Crippen LogP) is 3.58. The summed E-state index contributed by atoms with van der Waals surface area (Å²) in [6.07, 6.45) is 4.15. The Balaban J connectivity index is 1.46. The van der Waals surface area contributed by atoms with Gasteiger partial charge in [-0.15, -0.1) is 11.3 Å². The SMILES string of the molecule is Brc1ccc(CN2CCC(Nc3nccs3)CC2)o1. The van der Waals surface area contributed by atoms with Gasteiger partial charge in [0, 0.05) is 30.7 Å². The molecule has 0 aromatic carbocycles. The zero-order valence-electron chi connectivity index (χ0n) is 10.5. The van der Waals surface area contributed by atoms with E-state index in [1.807, 2.05) is 23.7 Å². The summed E-state index contributed by atoms with van der Waals surface area (Å²) in [7, 11) is 0. The Bertz CT molecular complexity index is 506. The van der Waals surface area contributed by atoms with Crippen LogP contribution in [0.1, 0.15) is 18.6 Å². The highest BCUT2D eigenvalue weighted by Crippen LogP contribution is 2.21. The van der Waals surface area contributed by atoms with E-state index in [-0.39, 0.29) is 0 Å². The number of halogens is 1. The standard InChI is InChI=1S/C13H16BrN3OS/c14-12-2-1-11(18-12)9-17-6-3-10(4-7-17)16-13-15-5-8-19-13/h1-2,5,8,10H,3-4,6-7,9H2,(H,15,16). The van der Waals surface area contributed by atoms with Crippen molar-refractivity contribution in [2.45, 2.75) is 25.4 Å². The predicted molar refractivity (Wildman–Crippen MR) is 80.4 cm³/mol. The number of nitrogens with zero attached hydrogens (tertiary/aromatic N) is 2. The van der Waals surface area contributed by atoms with Gasteiger partial charge in [-0.3, -0.25) is 4.90 Å². The summed E-state index contributed by atoms with van der Waals surface area (Å²) in [4.78, 5) is 6.71. The van der Waals surface area contributed by atoms with Gasteiger partial charge in [0.15, 0.2) is 9.80 Å². The van der Waals surface area contributed by atoms with Crippen LogP contribution in [0.5, 0.6) is 0 Å². The largest absolute Gasteiger partial charge is 0.453 e. The Labute approximate surface area is 125 Å². The summed E-state index contributed by atoms with van der Waals surface area (Å²) in [5.74, 6) is 1.03. The smallest absolute Gasteiger partial charge is 0.182 e. The Morgan fingerprint density at radius 3 is 2.89 bits per heavy atom. The van der Waals surface area contributed by atoms with Gasteiger partial charge in [-0.05, 0) is 40.9 Å². The second kappa shape index (κ2) is 6.07. The molecule has 1 aliphatic rings. The van der Waals surface area contributed by atoms with Crippen molar-refractivity contribution in [2.75, 3.05) is 18.4 Å². The number of hydrogen-bond acceptors (Lipinski definition) is 5. The highest BCUT2D eigenvalue weighted by molar-refractivity contribution is 9.10. The second-order valence-electron chi connectivity index (χ2n) is 4.74. The maximum Gasteiger partial charge on any atom is 0.182 e. The molecule has 2 aromatic heterocycles. The maximum atomic E-state index is 5.55. The Morgan fingerprint density at radius 2 is 2.26 bits per heavy atom. The average molecular weight is 342 g/mol. The number of hydrogen-bond donors (Lipinski definition) is 1. The molecule has 0 aliphatic carbocycles. The van der Waals surface area contributed by atoms with Crippen molar-refractivity contribution in [3.63, 3.8) is 0 Å². The van der Waals surface area contributed by atoms with E-state index in [0.717, 1.165) is 48.0 Å². The Morgan fingerprint density at radius 1 is 1.42 bits per heavy atom. The van der Waals surface area contributed by atoms with Gasteiger partial charge < -0.3 is 9.73 Å². The minimum Gasteiger partial charge on any atom is -0.453 e. The molecule has 19 heavy (non-hydrogen) atoms. The lowest BCUT2D eigenvalue weighted by molar-refractivity contribution is 0.196. The van der Waals surface area contributed by atoms with Crippen molar-refractivity contribution in [2.24, 2.45) is 0 Å². The number of thiazole rings is 1. The van der Waals surface area contributed by atoms with Gasteiger partial charge in [-0.25, -0.2) is 4.98 Å². The average Bonchev–Trinajstić information content (AvgIpc) is 3.04. The van der Waals surface area contributed by atoms with Gasteiger partial charge in [0.1, 0.15) is 5.76 Å². The first-order valence-electron chi connectivity index (χ1n) is 6.42. The molecule has 1 aliphatic heterocycles. The van der Waals surface area contributed by atoms with Crippen LogP contribution in [0.25, 0.3) is 0 Å². The van der Waals surface area contributed by atoms with Gasteiger partial charge in [0.2, 0.25) is 0 Å². The quantitative estimate of drug-likeness (QED) is 0.922. The van der Waals surface area contributed by atoms with E-state index in [1.165, 1.54) is 0 Å². The molecule has 1 fully saturated rings. The minimum atomic E-state index is 0.547. The molecule has 6 heteroatoms. The topological polar surface area (TPSA) is 41.3 Å². The van der Waals surface area contributed by atoms with Crippen LogP contribution in [0.15, 0.2) is 32.8 Å². The molecule has 2 aromatic rings. The summed E-state index contributed by atoms with van der Waals surface area (Å²) in [5, 5.41) is 6.54. The lowest BCUT2D eigenvalue weighted by Gasteiger charge is -2.31. The first-order valence-corrected chi connectivity index (χ1v) is 8.09. The molecule has 0 unspecified atom stereocenters. The molecule has 1 N–H and O–H groups in total. The third-order valence-corrected chi connectivity index (χ3v) is 4.49. The number of anilines is 1. The van der Waals surface area contributed by atoms with Crippen molar-refractivity contribution in [3.05, 3.63) is 34.1 Å². The zero-order chi connectivity index (χ0) is 13.1. The van der Waals surface area contributed by atoms with Gasteiger partial charge in [0.05, 0.1) is 6.54 Å². The van der Waals surface area contributed by atoms with Crippen molar-refractivity contribution >= 4 is 32.4 Å². The highest BCUT2D eigenvalue weighted by atomic mass is 79.9. The normalized spacial score (nSPS) is 17.7. The van der Waals surface area contributed by atoms with Crippen LogP contribution in [0.3, 0.4) is 0 Å². The first kappa shape index (κ1) is 13.1. The van der Waals surface area contributed by atoms with E-state index in [0.29, 0.717) is 6.04 Å². The van der Waals surface area contributed by atoms with Crippen molar-refractivity contribution in [1.82, 2.24) is 9.88 Å². The van der Waals surface area contributed by atoms with E-state index in [4.69, 9.17) is 4.42 Å². The van der Waals surface area contributed by atoms with Gasteiger partial charge in [-0.1, -0.05) is 0 Å². The minimum absolute atomic E-state index is 0.547. The van der Waals surface area contributed by atoms with Crippen LogP contribution < -0.4 is 5.32 Å². The van der Waals surface area contributed by atoms with E-state index in [2.05, 4.69) is 31.1 Å². The van der Waals surface area contributed by atoms with Crippen LogP contribution in [0.4, 0.5) is 5.13 Å².